The van der Waals surface area contributed by atoms with Crippen molar-refractivity contribution in [2.24, 2.45) is 11.5 Å². The molecule has 0 fully saturated rings. The molecule has 0 atom stereocenters. The fraction of sp³-hybridized carbons (Fsp3) is 0.875. The number of allylic oxidation sites excluding steroid dienone is 2. The van der Waals surface area contributed by atoms with Gasteiger partial charge in [0.05, 0.1) is 0 Å². The second-order valence-electron chi connectivity index (χ2n) is 7.72. The molecule has 0 saturated heterocycles. The van der Waals surface area contributed by atoms with Crippen LogP contribution in [0.15, 0.2) is 12.2 Å². The zero-order valence-electron chi connectivity index (χ0n) is 18.8. The van der Waals surface area contributed by atoms with E-state index in [1.165, 1.54) is 83.5 Å². The molecule has 168 valence electrons. The molecule has 0 rings (SSSR count). The minimum Gasteiger partial charge on any atom is -0.481 e. The van der Waals surface area contributed by atoms with Crippen LogP contribution in [0.25, 0.3) is 0 Å². The lowest BCUT2D eigenvalue weighted by Gasteiger charge is -1.99. The largest absolute Gasteiger partial charge is 0.481 e. The molecular formula is C24H50N2O2. The maximum atomic E-state index is 10.3. The van der Waals surface area contributed by atoms with Crippen LogP contribution in [-0.2, 0) is 4.79 Å². The lowest BCUT2D eigenvalue weighted by atomic mass is 10.1. The van der Waals surface area contributed by atoms with Crippen LogP contribution in [0.2, 0.25) is 0 Å². The first-order chi connectivity index (χ1) is 13.7. The van der Waals surface area contributed by atoms with Gasteiger partial charge >= 0.3 is 5.97 Å². The van der Waals surface area contributed by atoms with Gasteiger partial charge in [-0.1, -0.05) is 83.3 Å². The molecule has 28 heavy (non-hydrogen) atoms. The van der Waals surface area contributed by atoms with Crippen LogP contribution in [0.1, 0.15) is 122 Å². The summed E-state index contributed by atoms with van der Waals surface area (Å²) in [6, 6.07) is 0. The monoisotopic (exact) mass is 398 g/mol. The van der Waals surface area contributed by atoms with Crippen molar-refractivity contribution in [2.45, 2.75) is 122 Å². The number of carboxylic acid groups (broad SMARTS) is 1. The van der Waals surface area contributed by atoms with Crippen molar-refractivity contribution in [2.75, 3.05) is 13.1 Å². The Bertz CT molecular complexity index is 314. The molecule has 0 amide bonds. The highest BCUT2D eigenvalue weighted by Gasteiger charge is 1.95. The molecule has 0 aromatic heterocycles. The van der Waals surface area contributed by atoms with Gasteiger partial charge in [-0.2, -0.15) is 0 Å². The lowest BCUT2D eigenvalue weighted by molar-refractivity contribution is -0.137. The molecule has 0 unspecified atom stereocenters. The number of carbonyl (C=O) groups is 1. The maximum absolute atomic E-state index is 10.3. The first-order valence-electron chi connectivity index (χ1n) is 12.0. The molecule has 0 aliphatic carbocycles. The summed E-state index contributed by atoms with van der Waals surface area (Å²) in [4.78, 5) is 10.3. The minimum atomic E-state index is -0.664. The van der Waals surface area contributed by atoms with Crippen molar-refractivity contribution in [3.63, 3.8) is 0 Å². The molecule has 4 nitrogen and oxygen atoms in total. The molecular weight excluding hydrogens is 348 g/mol. The van der Waals surface area contributed by atoms with Gasteiger partial charge in [-0.25, -0.2) is 0 Å². The third kappa shape index (κ3) is 32.8. The van der Waals surface area contributed by atoms with Gasteiger partial charge in [-0.05, 0) is 58.0 Å². The zero-order chi connectivity index (χ0) is 21.1. The summed E-state index contributed by atoms with van der Waals surface area (Å²) in [5.41, 5.74) is 10.6. The predicted octanol–water partition coefficient (Wildman–Crippen LogP) is 6.57. The number of hydrogen-bond acceptors (Lipinski definition) is 3. The average Bonchev–Trinajstić information content (AvgIpc) is 2.68. The van der Waals surface area contributed by atoms with Crippen LogP contribution >= 0.6 is 0 Å². The van der Waals surface area contributed by atoms with Crippen molar-refractivity contribution < 1.29 is 9.90 Å². The number of aliphatic carboxylic acids is 1. The van der Waals surface area contributed by atoms with Crippen LogP contribution in [-0.4, -0.2) is 24.2 Å². The highest BCUT2D eigenvalue weighted by atomic mass is 16.4. The van der Waals surface area contributed by atoms with E-state index in [1.54, 1.807) is 0 Å². The highest BCUT2D eigenvalue weighted by molar-refractivity contribution is 5.66. The number of rotatable bonds is 20. The number of unbranched alkanes of at least 4 members (excludes halogenated alkanes) is 14. The highest BCUT2D eigenvalue weighted by Crippen LogP contribution is 2.09. The summed E-state index contributed by atoms with van der Waals surface area (Å²) in [6.45, 7) is 3.91. The fourth-order valence-electron chi connectivity index (χ4n) is 2.99. The summed E-state index contributed by atoms with van der Waals surface area (Å²) in [6.07, 6.45) is 26.0. The number of hydrogen-bond donors (Lipinski definition) is 3. The smallest absolute Gasteiger partial charge is 0.303 e. The van der Waals surface area contributed by atoms with Crippen LogP contribution in [0.4, 0.5) is 0 Å². The first-order valence-corrected chi connectivity index (χ1v) is 12.0. The van der Waals surface area contributed by atoms with Gasteiger partial charge in [0.15, 0.2) is 0 Å². The van der Waals surface area contributed by atoms with Gasteiger partial charge in [0.2, 0.25) is 0 Å². The normalized spacial score (nSPS) is 10.8. The van der Waals surface area contributed by atoms with E-state index in [9.17, 15) is 4.79 Å². The molecule has 0 heterocycles. The van der Waals surface area contributed by atoms with Gasteiger partial charge in [-0.3, -0.25) is 4.79 Å². The van der Waals surface area contributed by atoms with Crippen LogP contribution in [0.3, 0.4) is 0 Å². The van der Waals surface area contributed by atoms with Crippen molar-refractivity contribution >= 4 is 5.97 Å². The lowest BCUT2D eigenvalue weighted by Crippen LogP contribution is -2.00. The quantitative estimate of drug-likeness (QED) is 0.160. The molecule has 0 aliphatic rings. The summed E-state index contributed by atoms with van der Waals surface area (Å²) >= 11 is 0. The Morgan fingerprint density at radius 3 is 1.46 bits per heavy atom. The average molecular weight is 399 g/mol. The molecule has 0 radical (unpaired) electrons. The van der Waals surface area contributed by atoms with Crippen molar-refractivity contribution in [3.8, 4) is 0 Å². The third-order valence-corrected chi connectivity index (χ3v) is 4.81. The molecule has 0 bridgehead atoms. The molecule has 4 heteroatoms. The minimum absolute atomic E-state index is 0.332. The van der Waals surface area contributed by atoms with E-state index in [4.69, 9.17) is 16.6 Å². The molecule has 5 N–H and O–H groups in total. The van der Waals surface area contributed by atoms with Crippen molar-refractivity contribution in [1.82, 2.24) is 0 Å². The van der Waals surface area contributed by atoms with Crippen LogP contribution in [0.5, 0.6) is 0 Å². The molecule has 0 aromatic carbocycles. The van der Waals surface area contributed by atoms with Gasteiger partial charge in [-0.15, -0.1) is 0 Å². The summed E-state index contributed by atoms with van der Waals surface area (Å²) in [7, 11) is 0. The van der Waals surface area contributed by atoms with Crippen molar-refractivity contribution in [1.29, 1.82) is 0 Å². The Labute approximate surface area is 175 Å². The van der Waals surface area contributed by atoms with E-state index < -0.39 is 5.97 Å². The Kier molecular flexibility index (Phi) is 29.7. The number of carboxylic acids is 1. The summed E-state index contributed by atoms with van der Waals surface area (Å²) in [5.74, 6) is -0.664. The summed E-state index contributed by atoms with van der Waals surface area (Å²) in [5, 5.41) is 8.51. The zero-order valence-corrected chi connectivity index (χ0v) is 18.8. The first kappa shape index (κ1) is 29.3. The van der Waals surface area contributed by atoms with Gasteiger partial charge in [0.25, 0.3) is 0 Å². The Morgan fingerprint density at radius 1 is 0.643 bits per heavy atom. The van der Waals surface area contributed by atoms with Crippen molar-refractivity contribution in [3.05, 3.63) is 12.2 Å². The maximum Gasteiger partial charge on any atom is 0.303 e. The fourth-order valence-corrected chi connectivity index (χ4v) is 2.99. The third-order valence-electron chi connectivity index (χ3n) is 4.81. The van der Waals surface area contributed by atoms with E-state index in [-0.39, 0.29) is 0 Å². The second kappa shape index (κ2) is 28.3. The van der Waals surface area contributed by atoms with E-state index >= 15 is 0 Å². The van der Waals surface area contributed by atoms with E-state index in [0.717, 1.165) is 38.8 Å². The van der Waals surface area contributed by atoms with Gasteiger partial charge in [0, 0.05) is 6.42 Å². The standard InChI is InChI=1S/C18H34O2.C6H16N2/c1-2-3-4-5-6-7-8-9-10-11-12-13-14-15-16-17-18(19)20;7-5-3-1-2-4-6-8/h9-10H,2-8,11-17H2,1H3,(H,19,20);1-8H2. The van der Waals surface area contributed by atoms with Gasteiger partial charge < -0.3 is 16.6 Å². The van der Waals surface area contributed by atoms with Gasteiger partial charge in [0.1, 0.15) is 0 Å². The molecule has 0 aromatic rings. The summed E-state index contributed by atoms with van der Waals surface area (Å²) < 4.78 is 0. The van der Waals surface area contributed by atoms with E-state index in [0.29, 0.717) is 6.42 Å². The second-order valence-corrected chi connectivity index (χ2v) is 7.72. The topological polar surface area (TPSA) is 89.3 Å². The molecule has 0 spiro atoms. The SMILES string of the molecule is CCCCCCCCC=CCCCCCCCC(=O)O.NCCCCCCN. The van der Waals surface area contributed by atoms with Crippen LogP contribution in [0, 0.1) is 0 Å². The molecule has 0 saturated carbocycles. The Hall–Kier alpha value is -0.870. The van der Waals surface area contributed by atoms with Crippen LogP contribution < -0.4 is 11.5 Å². The molecule has 0 aliphatic heterocycles. The van der Waals surface area contributed by atoms with E-state index in [2.05, 4.69) is 19.1 Å². The Balaban J connectivity index is 0. The number of nitrogens with two attached hydrogens (primary N) is 2. The van der Waals surface area contributed by atoms with E-state index in [1.807, 2.05) is 0 Å². The predicted molar refractivity (Wildman–Crippen MR) is 124 cm³/mol. The Morgan fingerprint density at radius 2 is 1.04 bits per heavy atom.